The van der Waals surface area contributed by atoms with Crippen LogP contribution in [0.15, 0.2) is 59.4 Å². The van der Waals surface area contributed by atoms with Crippen LogP contribution in [-0.4, -0.2) is 16.0 Å². The van der Waals surface area contributed by atoms with Gasteiger partial charge in [-0.15, -0.1) is 0 Å². The van der Waals surface area contributed by atoms with Crippen molar-refractivity contribution in [2.24, 2.45) is 0 Å². The third-order valence-electron chi connectivity index (χ3n) is 3.10. The maximum Gasteiger partial charge on any atom is 0.256 e. The van der Waals surface area contributed by atoms with Gasteiger partial charge in [-0.3, -0.25) is 14.6 Å². The van der Waals surface area contributed by atoms with E-state index >= 15 is 0 Å². The predicted octanol–water partition coefficient (Wildman–Crippen LogP) is 2.49. The Bertz CT molecular complexity index is 884. The zero-order valence-electron chi connectivity index (χ0n) is 11.0. The first-order valence-corrected chi connectivity index (χ1v) is 6.35. The van der Waals surface area contributed by atoms with E-state index in [2.05, 4.69) is 10.3 Å². The fraction of sp³-hybridized carbons (Fsp3) is 0. The van der Waals surface area contributed by atoms with Gasteiger partial charge in [0.05, 0.1) is 5.56 Å². The molecule has 0 fully saturated rings. The molecule has 0 atom stereocenters. The van der Waals surface area contributed by atoms with Crippen LogP contribution in [0.3, 0.4) is 0 Å². The molecule has 104 valence electrons. The molecule has 3 N–H and O–H groups in total. The SMILES string of the molecule is O=C(Nc1ccc2ccccc2c1)c1cc(O)[nH]c(=O)c1. The first-order chi connectivity index (χ1) is 10.1. The van der Waals surface area contributed by atoms with Gasteiger partial charge in [-0.05, 0) is 22.9 Å². The van der Waals surface area contributed by atoms with Crippen LogP contribution in [0.25, 0.3) is 10.8 Å². The molecule has 0 unspecified atom stereocenters. The van der Waals surface area contributed by atoms with Crippen molar-refractivity contribution < 1.29 is 9.90 Å². The number of hydrogen-bond acceptors (Lipinski definition) is 3. The summed E-state index contributed by atoms with van der Waals surface area (Å²) >= 11 is 0. The summed E-state index contributed by atoms with van der Waals surface area (Å²) in [6.07, 6.45) is 0. The standard InChI is InChI=1S/C16H12N2O3/c19-14-8-12(9-15(20)18-14)16(21)17-13-6-5-10-3-1-2-4-11(10)7-13/h1-9H,(H,17,21)(H2,18,19,20). The number of hydrogen-bond donors (Lipinski definition) is 3. The molecule has 3 aromatic rings. The molecule has 3 rings (SSSR count). The van der Waals surface area contributed by atoms with Gasteiger partial charge in [0, 0.05) is 17.8 Å². The number of carbonyl (C=O) groups excluding carboxylic acids is 1. The van der Waals surface area contributed by atoms with Gasteiger partial charge in [0.2, 0.25) is 0 Å². The molecule has 0 aliphatic heterocycles. The average molecular weight is 280 g/mol. The van der Waals surface area contributed by atoms with Crippen LogP contribution in [0.1, 0.15) is 10.4 Å². The second kappa shape index (κ2) is 5.13. The average Bonchev–Trinajstić information content (AvgIpc) is 2.46. The molecule has 21 heavy (non-hydrogen) atoms. The van der Waals surface area contributed by atoms with E-state index in [1.165, 1.54) is 6.07 Å². The summed E-state index contributed by atoms with van der Waals surface area (Å²) in [6.45, 7) is 0. The number of benzene rings is 2. The Hall–Kier alpha value is -3.08. The molecule has 1 aromatic heterocycles. The molecular weight excluding hydrogens is 268 g/mol. The van der Waals surface area contributed by atoms with Gasteiger partial charge < -0.3 is 10.4 Å². The number of aromatic amines is 1. The lowest BCUT2D eigenvalue weighted by Crippen LogP contribution is -2.15. The van der Waals surface area contributed by atoms with E-state index < -0.39 is 11.5 Å². The summed E-state index contributed by atoms with van der Waals surface area (Å²) in [5.41, 5.74) is 0.196. The van der Waals surface area contributed by atoms with Gasteiger partial charge in [-0.25, -0.2) is 0 Å². The second-order valence-corrected chi connectivity index (χ2v) is 4.63. The molecule has 0 saturated carbocycles. The van der Waals surface area contributed by atoms with E-state index in [1.54, 1.807) is 6.07 Å². The van der Waals surface area contributed by atoms with E-state index in [0.717, 1.165) is 16.8 Å². The van der Waals surface area contributed by atoms with Crippen LogP contribution >= 0.6 is 0 Å². The number of carbonyl (C=O) groups is 1. The van der Waals surface area contributed by atoms with Gasteiger partial charge >= 0.3 is 0 Å². The summed E-state index contributed by atoms with van der Waals surface area (Å²) in [6, 6.07) is 15.7. The van der Waals surface area contributed by atoms with Crippen molar-refractivity contribution in [2.45, 2.75) is 0 Å². The molecule has 5 nitrogen and oxygen atoms in total. The highest BCUT2D eigenvalue weighted by Crippen LogP contribution is 2.19. The van der Waals surface area contributed by atoms with Gasteiger partial charge in [-0.2, -0.15) is 0 Å². The van der Waals surface area contributed by atoms with Crippen molar-refractivity contribution >= 4 is 22.4 Å². The zero-order valence-corrected chi connectivity index (χ0v) is 11.0. The van der Waals surface area contributed by atoms with Crippen molar-refractivity contribution in [3.8, 4) is 5.88 Å². The summed E-state index contributed by atoms with van der Waals surface area (Å²) in [5.74, 6) is -0.794. The number of aromatic nitrogens is 1. The lowest BCUT2D eigenvalue weighted by atomic mass is 10.1. The van der Waals surface area contributed by atoms with Crippen LogP contribution < -0.4 is 10.9 Å². The fourth-order valence-corrected chi connectivity index (χ4v) is 2.13. The number of anilines is 1. The lowest BCUT2D eigenvalue weighted by molar-refractivity contribution is 0.102. The largest absolute Gasteiger partial charge is 0.494 e. The third-order valence-corrected chi connectivity index (χ3v) is 3.10. The summed E-state index contributed by atoms with van der Waals surface area (Å²) in [4.78, 5) is 25.5. The number of amides is 1. The van der Waals surface area contributed by atoms with Gasteiger partial charge in [0.15, 0.2) is 5.88 Å². The monoisotopic (exact) mass is 280 g/mol. The minimum absolute atomic E-state index is 0.101. The number of aromatic hydroxyl groups is 1. The zero-order chi connectivity index (χ0) is 14.8. The van der Waals surface area contributed by atoms with E-state index in [-0.39, 0.29) is 11.4 Å². The fourth-order valence-electron chi connectivity index (χ4n) is 2.13. The smallest absolute Gasteiger partial charge is 0.256 e. The molecular formula is C16H12N2O3. The van der Waals surface area contributed by atoms with E-state index in [4.69, 9.17) is 0 Å². The Morgan fingerprint density at radius 3 is 2.52 bits per heavy atom. The van der Waals surface area contributed by atoms with Crippen LogP contribution in [0.5, 0.6) is 5.88 Å². The normalized spacial score (nSPS) is 10.5. The number of fused-ring (bicyclic) bond motifs is 1. The number of rotatable bonds is 2. The molecule has 2 aromatic carbocycles. The van der Waals surface area contributed by atoms with E-state index in [9.17, 15) is 14.7 Å². The molecule has 0 aliphatic carbocycles. The van der Waals surface area contributed by atoms with Gasteiger partial charge in [0.25, 0.3) is 11.5 Å². The number of nitrogens with one attached hydrogen (secondary N) is 2. The topological polar surface area (TPSA) is 82.2 Å². The first kappa shape index (κ1) is 12.9. The van der Waals surface area contributed by atoms with E-state index in [1.807, 2.05) is 36.4 Å². The third kappa shape index (κ3) is 2.76. The lowest BCUT2D eigenvalue weighted by Gasteiger charge is -2.06. The van der Waals surface area contributed by atoms with Crippen molar-refractivity contribution in [1.82, 2.24) is 4.98 Å². The predicted molar refractivity (Wildman–Crippen MR) is 80.6 cm³/mol. The van der Waals surface area contributed by atoms with E-state index in [0.29, 0.717) is 5.69 Å². The molecule has 0 radical (unpaired) electrons. The van der Waals surface area contributed by atoms with Crippen molar-refractivity contribution in [2.75, 3.05) is 5.32 Å². The molecule has 0 spiro atoms. The van der Waals surface area contributed by atoms with Crippen LogP contribution in [0, 0.1) is 0 Å². The molecule has 1 amide bonds. The summed E-state index contributed by atoms with van der Waals surface area (Å²) in [7, 11) is 0. The number of H-pyrrole nitrogens is 1. The Labute approximate surface area is 119 Å². The number of pyridine rings is 1. The van der Waals surface area contributed by atoms with Crippen molar-refractivity contribution in [3.63, 3.8) is 0 Å². The highest BCUT2D eigenvalue weighted by Gasteiger charge is 2.08. The van der Waals surface area contributed by atoms with Crippen molar-refractivity contribution in [3.05, 3.63) is 70.5 Å². The maximum atomic E-state index is 12.1. The summed E-state index contributed by atoms with van der Waals surface area (Å²) in [5, 5.41) is 14.1. The van der Waals surface area contributed by atoms with Gasteiger partial charge in [0.1, 0.15) is 0 Å². The Balaban J connectivity index is 1.90. The van der Waals surface area contributed by atoms with Crippen molar-refractivity contribution in [1.29, 1.82) is 0 Å². The Kier molecular flexibility index (Phi) is 3.16. The minimum Gasteiger partial charge on any atom is -0.494 e. The first-order valence-electron chi connectivity index (χ1n) is 6.35. The van der Waals surface area contributed by atoms with Crippen LogP contribution in [-0.2, 0) is 0 Å². The molecule has 0 bridgehead atoms. The Morgan fingerprint density at radius 2 is 1.76 bits per heavy atom. The molecule has 0 saturated heterocycles. The minimum atomic E-state index is -0.529. The van der Waals surface area contributed by atoms with Gasteiger partial charge in [-0.1, -0.05) is 30.3 Å². The molecule has 0 aliphatic rings. The molecule has 1 heterocycles. The Morgan fingerprint density at radius 1 is 1.00 bits per heavy atom. The molecule has 5 heteroatoms. The maximum absolute atomic E-state index is 12.1. The highest BCUT2D eigenvalue weighted by molar-refractivity contribution is 6.05. The summed E-state index contributed by atoms with van der Waals surface area (Å²) < 4.78 is 0. The quantitative estimate of drug-likeness (QED) is 0.674. The second-order valence-electron chi connectivity index (χ2n) is 4.63. The highest BCUT2D eigenvalue weighted by atomic mass is 16.3. The van der Waals surface area contributed by atoms with Crippen LogP contribution in [0.4, 0.5) is 5.69 Å². The van der Waals surface area contributed by atoms with Crippen LogP contribution in [0.2, 0.25) is 0 Å².